The van der Waals surface area contributed by atoms with Crippen LogP contribution in [0.15, 0.2) is 48.7 Å². The van der Waals surface area contributed by atoms with Gasteiger partial charge in [0, 0.05) is 24.7 Å². The molecule has 0 saturated carbocycles. The number of carbonyl (C=O) groups excluding carboxylic acids is 1. The van der Waals surface area contributed by atoms with E-state index in [0.717, 1.165) is 17.0 Å². The molecule has 0 atom stereocenters. The van der Waals surface area contributed by atoms with Gasteiger partial charge in [0.15, 0.2) is 5.65 Å². The molecule has 1 aromatic carbocycles. The van der Waals surface area contributed by atoms with Crippen LogP contribution in [0.3, 0.4) is 0 Å². The summed E-state index contributed by atoms with van der Waals surface area (Å²) in [5.74, 6) is 0.915. The maximum Gasteiger partial charge on any atom is 0.315 e. The lowest BCUT2D eigenvalue weighted by Crippen LogP contribution is -2.46. The summed E-state index contributed by atoms with van der Waals surface area (Å²) < 4.78 is 2.12. The van der Waals surface area contributed by atoms with Crippen molar-refractivity contribution in [3.8, 4) is 0 Å². The second kappa shape index (κ2) is 7.56. The number of nitrogens with one attached hydrogen (secondary N) is 2. The maximum atomic E-state index is 11.9. The van der Waals surface area contributed by atoms with Gasteiger partial charge in [-0.2, -0.15) is 0 Å². The molecule has 0 saturated heterocycles. The van der Waals surface area contributed by atoms with Crippen LogP contribution in [0.25, 0.3) is 11.2 Å². The normalized spacial score (nSPS) is 11.5. The standard InChI is InChI=1S/C20H25N5O/c1-20(2,3)24-19(26)22-13-11-17-23-16-10-7-12-21-18(16)25(17)14-15-8-5-4-6-9-15/h4-10,12H,11,13-14H2,1-3H3,(H2,22,24,26). The van der Waals surface area contributed by atoms with Crippen molar-refractivity contribution in [2.75, 3.05) is 6.54 Å². The molecular formula is C20H25N5O. The molecule has 0 aliphatic carbocycles. The smallest absolute Gasteiger partial charge is 0.315 e. The quantitative estimate of drug-likeness (QED) is 0.742. The summed E-state index contributed by atoms with van der Waals surface area (Å²) in [7, 11) is 0. The number of pyridine rings is 1. The minimum atomic E-state index is -0.255. The highest BCUT2D eigenvalue weighted by Gasteiger charge is 2.15. The molecule has 0 aliphatic heterocycles. The Balaban J connectivity index is 1.75. The molecule has 2 heterocycles. The van der Waals surface area contributed by atoms with E-state index in [4.69, 9.17) is 4.98 Å². The van der Waals surface area contributed by atoms with E-state index in [1.54, 1.807) is 6.20 Å². The van der Waals surface area contributed by atoms with Crippen molar-refractivity contribution in [3.05, 3.63) is 60.0 Å². The number of rotatable bonds is 5. The Morgan fingerprint density at radius 1 is 1.12 bits per heavy atom. The molecule has 0 unspecified atom stereocenters. The van der Waals surface area contributed by atoms with E-state index in [1.165, 1.54) is 5.56 Å². The van der Waals surface area contributed by atoms with Gasteiger partial charge in [0.25, 0.3) is 0 Å². The van der Waals surface area contributed by atoms with Gasteiger partial charge in [-0.3, -0.25) is 0 Å². The van der Waals surface area contributed by atoms with E-state index < -0.39 is 0 Å². The van der Waals surface area contributed by atoms with Crippen molar-refractivity contribution < 1.29 is 4.79 Å². The van der Waals surface area contributed by atoms with Crippen LogP contribution in [0.2, 0.25) is 0 Å². The lowest BCUT2D eigenvalue weighted by Gasteiger charge is -2.20. The van der Waals surface area contributed by atoms with E-state index in [9.17, 15) is 4.79 Å². The summed E-state index contributed by atoms with van der Waals surface area (Å²) >= 11 is 0. The van der Waals surface area contributed by atoms with Gasteiger partial charge in [-0.15, -0.1) is 0 Å². The van der Waals surface area contributed by atoms with Crippen LogP contribution in [0.4, 0.5) is 4.79 Å². The number of nitrogens with zero attached hydrogens (tertiary/aromatic N) is 3. The number of carbonyl (C=O) groups is 1. The number of hydrogen-bond acceptors (Lipinski definition) is 3. The van der Waals surface area contributed by atoms with Crippen molar-refractivity contribution in [3.63, 3.8) is 0 Å². The third kappa shape index (κ3) is 4.59. The zero-order valence-corrected chi connectivity index (χ0v) is 15.5. The zero-order valence-electron chi connectivity index (χ0n) is 15.5. The predicted molar refractivity (Wildman–Crippen MR) is 103 cm³/mol. The molecule has 2 amide bonds. The molecular weight excluding hydrogens is 326 g/mol. The van der Waals surface area contributed by atoms with E-state index in [-0.39, 0.29) is 11.6 Å². The van der Waals surface area contributed by atoms with Crippen LogP contribution in [-0.2, 0) is 13.0 Å². The third-order valence-electron chi connectivity index (χ3n) is 3.89. The van der Waals surface area contributed by atoms with Crippen LogP contribution in [-0.4, -0.2) is 32.6 Å². The first-order chi connectivity index (χ1) is 12.4. The summed E-state index contributed by atoms with van der Waals surface area (Å²) in [4.78, 5) is 21.1. The number of urea groups is 1. The molecule has 0 radical (unpaired) electrons. The Morgan fingerprint density at radius 3 is 2.62 bits per heavy atom. The molecule has 0 spiro atoms. The molecule has 136 valence electrons. The Hall–Kier alpha value is -2.89. The summed E-state index contributed by atoms with van der Waals surface area (Å²) in [5.41, 5.74) is 2.68. The summed E-state index contributed by atoms with van der Waals surface area (Å²) in [5, 5.41) is 5.80. The van der Waals surface area contributed by atoms with E-state index in [0.29, 0.717) is 19.5 Å². The monoisotopic (exact) mass is 351 g/mol. The van der Waals surface area contributed by atoms with Crippen molar-refractivity contribution in [1.82, 2.24) is 25.2 Å². The van der Waals surface area contributed by atoms with Gasteiger partial charge in [-0.05, 0) is 38.5 Å². The zero-order chi connectivity index (χ0) is 18.6. The molecule has 3 rings (SSSR count). The number of imidazole rings is 1. The van der Waals surface area contributed by atoms with Gasteiger partial charge >= 0.3 is 6.03 Å². The van der Waals surface area contributed by atoms with Crippen molar-refractivity contribution in [2.24, 2.45) is 0 Å². The average Bonchev–Trinajstić information content (AvgIpc) is 2.92. The largest absolute Gasteiger partial charge is 0.338 e. The minimum absolute atomic E-state index is 0.165. The van der Waals surface area contributed by atoms with Gasteiger partial charge in [0.2, 0.25) is 0 Å². The van der Waals surface area contributed by atoms with Gasteiger partial charge in [0.1, 0.15) is 11.3 Å². The van der Waals surface area contributed by atoms with Crippen LogP contribution in [0, 0.1) is 0 Å². The van der Waals surface area contributed by atoms with Gasteiger partial charge in [-0.25, -0.2) is 14.8 Å². The maximum absolute atomic E-state index is 11.9. The first kappa shape index (κ1) is 17.9. The van der Waals surface area contributed by atoms with Crippen LogP contribution in [0.5, 0.6) is 0 Å². The van der Waals surface area contributed by atoms with Gasteiger partial charge in [0.05, 0.1) is 6.54 Å². The second-order valence-corrected chi connectivity index (χ2v) is 7.33. The lowest BCUT2D eigenvalue weighted by molar-refractivity contribution is 0.232. The SMILES string of the molecule is CC(C)(C)NC(=O)NCCc1nc2cccnc2n1Cc1ccccc1. The Kier molecular flexibility index (Phi) is 5.21. The average molecular weight is 351 g/mol. The molecule has 6 nitrogen and oxygen atoms in total. The molecule has 3 aromatic rings. The van der Waals surface area contributed by atoms with Crippen LogP contribution >= 0.6 is 0 Å². The number of aromatic nitrogens is 3. The number of fused-ring (bicyclic) bond motifs is 1. The van der Waals surface area contributed by atoms with E-state index in [1.807, 2.05) is 51.1 Å². The Morgan fingerprint density at radius 2 is 1.88 bits per heavy atom. The third-order valence-corrected chi connectivity index (χ3v) is 3.89. The fourth-order valence-electron chi connectivity index (χ4n) is 2.80. The first-order valence-electron chi connectivity index (χ1n) is 8.82. The summed E-state index contributed by atoms with van der Waals surface area (Å²) in [6.45, 7) is 7.09. The minimum Gasteiger partial charge on any atom is -0.338 e. The molecule has 0 fully saturated rings. The van der Waals surface area contributed by atoms with E-state index >= 15 is 0 Å². The molecule has 6 heteroatoms. The Labute approximate surface area is 153 Å². The van der Waals surface area contributed by atoms with Crippen molar-refractivity contribution in [1.29, 1.82) is 0 Å². The topological polar surface area (TPSA) is 71.8 Å². The second-order valence-electron chi connectivity index (χ2n) is 7.33. The van der Waals surface area contributed by atoms with Crippen LogP contribution < -0.4 is 10.6 Å². The van der Waals surface area contributed by atoms with Crippen molar-refractivity contribution >= 4 is 17.2 Å². The van der Waals surface area contributed by atoms with Gasteiger partial charge in [-0.1, -0.05) is 30.3 Å². The number of benzene rings is 1. The molecule has 2 aromatic heterocycles. The highest BCUT2D eigenvalue weighted by molar-refractivity contribution is 5.74. The van der Waals surface area contributed by atoms with Crippen molar-refractivity contribution in [2.45, 2.75) is 39.3 Å². The first-order valence-corrected chi connectivity index (χ1v) is 8.82. The van der Waals surface area contributed by atoms with Crippen LogP contribution in [0.1, 0.15) is 32.2 Å². The Bertz CT molecular complexity index is 880. The summed E-state index contributed by atoms with van der Waals surface area (Å²) in [6, 6.07) is 13.9. The van der Waals surface area contributed by atoms with Gasteiger partial charge < -0.3 is 15.2 Å². The van der Waals surface area contributed by atoms with E-state index in [2.05, 4.69) is 32.3 Å². The summed E-state index contributed by atoms with van der Waals surface area (Å²) in [6.07, 6.45) is 2.42. The highest BCUT2D eigenvalue weighted by Crippen LogP contribution is 2.16. The lowest BCUT2D eigenvalue weighted by atomic mass is 10.1. The molecule has 2 N–H and O–H groups in total. The highest BCUT2D eigenvalue weighted by atomic mass is 16.2. The molecule has 0 bridgehead atoms. The molecule has 26 heavy (non-hydrogen) atoms. The fourth-order valence-corrected chi connectivity index (χ4v) is 2.80. The fraction of sp³-hybridized carbons (Fsp3) is 0.350. The number of amides is 2. The predicted octanol–water partition coefficient (Wildman–Crippen LogP) is 3.12. The number of hydrogen-bond donors (Lipinski definition) is 2. The molecule has 0 aliphatic rings.